The Labute approximate surface area is 147 Å². The fraction of sp³-hybridized carbons (Fsp3) is 0.400. The van der Waals surface area contributed by atoms with Gasteiger partial charge >= 0.3 is 0 Å². The molecule has 1 aromatic carbocycles. The van der Waals surface area contributed by atoms with Gasteiger partial charge in [-0.25, -0.2) is 4.99 Å². The number of nitriles is 1. The SMILES string of the molecule is N#Cc1cc(N2C(N)=NC(N)=NC23CCCCC3)c(Cl)cc1Br. The maximum atomic E-state index is 9.29. The zero-order valence-electron chi connectivity index (χ0n) is 12.4. The lowest BCUT2D eigenvalue weighted by atomic mass is 9.87. The standard InChI is InChI=1S/C15H16BrClN6/c16-10-7-11(17)12(6-9(10)8-18)23-14(20)21-13(19)22-15(23)4-2-1-3-5-15/h6-7H,1-5H2,(H4,19,20,21,22). The van der Waals surface area contributed by atoms with Gasteiger partial charge in [-0.1, -0.05) is 18.0 Å². The van der Waals surface area contributed by atoms with Crippen molar-refractivity contribution in [3.05, 3.63) is 27.2 Å². The fourth-order valence-corrected chi connectivity index (χ4v) is 4.08. The molecule has 6 nitrogen and oxygen atoms in total. The summed E-state index contributed by atoms with van der Waals surface area (Å²) in [6.07, 6.45) is 4.84. The molecule has 120 valence electrons. The molecule has 0 amide bonds. The van der Waals surface area contributed by atoms with Crippen molar-refractivity contribution < 1.29 is 0 Å². The second kappa shape index (κ2) is 6.02. The first-order valence-corrected chi connectivity index (χ1v) is 8.53. The summed E-state index contributed by atoms with van der Waals surface area (Å²) in [4.78, 5) is 10.5. The Balaban J connectivity index is 2.16. The molecule has 0 radical (unpaired) electrons. The molecule has 1 aliphatic heterocycles. The predicted molar refractivity (Wildman–Crippen MR) is 95.4 cm³/mol. The van der Waals surface area contributed by atoms with E-state index in [4.69, 9.17) is 23.1 Å². The number of hydrogen-bond acceptors (Lipinski definition) is 6. The highest BCUT2D eigenvalue weighted by molar-refractivity contribution is 9.10. The Kier molecular flexibility index (Phi) is 4.21. The quantitative estimate of drug-likeness (QED) is 0.762. The lowest BCUT2D eigenvalue weighted by Gasteiger charge is -2.45. The summed E-state index contributed by atoms with van der Waals surface area (Å²) in [5.74, 6) is 0.446. The monoisotopic (exact) mass is 394 g/mol. The van der Waals surface area contributed by atoms with Gasteiger partial charge in [0, 0.05) is 4.47 Å². The summed E-state index contributed by atoms with van der Waals surface area (Å²) in [6.45, 7) is 0. The normalized spacial score (nSPS) is 20.0. The zero-order chi connectivity index (χ0) is 16.6. The van der Waals surface area contributed by atoms with Crippen LogP contribution in [0.3, 0.4) is 0 Å². The highest BCUT2D eigenvalue weighted by atomic mass is 79.9. The van der Waals surface area contributed by atoms with Crippen LogP contribution in [0.2, 0.25) is 5.02 Å². The number of guanidine groups is 2. The first-order chi connectivity index (χ1) is 11.0. The van der Waals surface area contributed by atoms with E-state index in [-0.39, 0.29) is 11.9 Å². The minimum absolute atomic E-state index is 0.189. The molecule has 23 heavy (non-hydrogen) atoms. The van der Waals surface area contributed by atoms with Crippen molar-refractivity contribution in [2.24, 2.45) is 21.5 Å². The molecule has 0 unspecified atom stereocenters. The third kappa shape index (κ3) is 2.77. The fourth-order valence-electron chi connectivity index (χ4n) is 3.26. The van der Waals surface area contributed by atoms with Crippen molar-refractivity contribution in [2.45, 2.75) is 37.8 Å². The van der Waals surface area contributed by atoms with Crippen LogP contribution in [0.1, 0.15) is 37.7 Å². The minimum atomic E-state index is -0.571. The zero-order valence-corrected chi connectivity index (χ0v) is 14.7. The maximum Gasteiger partial charge on any atom is 0.220 e. The summed E-state index contributed by atoms with van der Waals surface area (Å²) < 4.78 is 0.641. The number of nitrogens with zero attached hydrogens (tertiary/aromatic N) is 4. The Morgan fingerprint density at radius 1 is 1.26 bits per heavy atom. The Morgan fingerprint density at radius 2 is 1.96 bits per heavy atom. The van der Waals surface area contributed by atoms with Crippen LogP contribution in [0.25, 0.3) is 0 Å². The van der Waals surface area contributed by atoms with E-state index >= 15 is 0 Å². The average molecular weight is 396 g/mol. The molecule has 1 aromatic rings. The molecule has 8 heteroatoms. The summed E-state index contributed by atoms with van der Waals surface area (Å²) in [5, 5.41) is 9.77. The van der Waals surface area contributed by atoms with Crippen LogP contribution < -0.4 is 16.4 Å². The molecule has 4 N–H and O–H groups in total. The molecule has 1 spiro atoms. The first kappa shape index (κ1) is 16.1. The largest absolute Gasteiger partial charge is 0.369 e. The summed E-state index contributed by atoms with van der Waals surface area (Å²) in [7, 11) is 0. The van der Waals surface area contributed by atoms with Gasteiger partial charge in [0.1, 0.15) is 11.7 Å². The van der Waals surface area contributed by atoms with Gasteiger partial charge in [-0.2, -0.15) is 10.3 Å². The summed E-state index contributed by atoms with van der Waals surface area (Å²) >= 11 is 9.77. The molecule has 0 saturated heterocycles. The van der Waals surface area contributed by atoms with Crippen LogP contribution in [0.4, 0.5) is 5.69 Å². The van der Waals surface area contributed by atoms with E-state index in [2.05, 4.69) is 32.0 Å². The molecule has 1 heterocycles. The van der Waals surface area contributed by atoms with Crippen LogP contribution >= 0.6 is 27.5 Å². The molecule has 3 rings (SSSR count). The number of nitrogens with two attached hydrogens (primary N) is 2. The smallest absolute Gasteiger partial charge is 0.220 e. The lowest BCUT2D eigenvalue weighted by Crippen LogP contribution is -2.58. The van der Waals surface area contributed by atoms with Crippen molar-refractivity contribution in [1.82, 2.24) is 0 Å². The number of halogens is 2. The van der Waals surface area contributed by atoms with Gasteiger partial charge in [-0.05, 0) is 53.7 Å². The second-order valence-electron chi connectivity index (χ2n) is 5.71. The van der Waals surface area contributed by atoms with Crippen LogP contribution in [0.5, 0.6) is 0 Å². The molecule has 1 aliphatic carbocycles. The molecule has 0 aromatic heterocycles. The Hall–Kier alpha value is -1.78. The van der Waals surface area contributed by atoms with E-state index in [1.165, 1.54) is 0 Å². The first-order valence-electron chi connectivity index (χ1n) is 7.36. The Morgan fingerprint density at radius 3 is 2.61 bits per heavy atom. The van der Waals surface area contributed by atoms with E-state index in [0.717, 1.165) is 32.1 Å². The van der Waals surface area contributed by atoms with Crippen LogP contribution in [0.15, 0.2) is 26.6 Å². The van der Waals surface area contributed by atoms with E-state index in [1.54, 1.807) is 12.1 Å². The molecule has 0 bridgehead atoms. The van der Waals surface area contributed by atoms with Crippen molar-refractivity contribution in [3.8, 4) is 6.07 Å². The maximum absolute atomic E-state index is 9.29. The van der Waals surface area contributed by atoms with Crippen molar-refractivity contribution in [2.75, 3.05) is 4.90 Å². The van der Waals surface area contributed by atoms with Gasteiger partial charge in [-0.3, -0.25) is 4.90 Å². The topological polar surface area (TPSA) is 104 Å². The van der Waals surface area contributed by atoms with Gasteiger partial charge in [0.15, 0.2) is 0 Å². The van der Waals surface area contributed by atoms with Crippen LogP contribution in [-0.4, -0.2) is 17.6 Å². The summed E-state index contributed by atoms with van der Waals surface area (Å²) in [6, 6.07) is 5.55. The third-order valence-corrected chi connectivity index (χ3v) is 5.21. The lowest BCUT2D eigenvalue weighted by molar-refractivity contribution is 0.305. The van der Waals surface area contributed by atoms with Gasteiger partial charge < -0.3 is 11.5 Å². The Bertz CT molecular complexity index is 745. The number of rotatable bonds is 1. The van der Waals surface area contributed by atoms with Gasteiger partial charge in [0.2, 0.25) is 11.9 Å². The van der Waals surface area contributed by atoms with Gasteiger partial charge in [-0.15, -0.1) is 0 Å². The molecule has 1 saturated carbocycles. The predicted octanol–water partition coefficient (Wildman–Crippen LogP) is 3.08. The van der Waals surface area contributed by atoms with Crippen molar-refractivity contribution >= 4 is 45.1 Å². The van der Waals surface area contributed by atoms with Crippen LogP contribution in [0, 0.1) is 11.3 Å². The average Bonchev–Trinajstić information content (AvgIpc) is 2.49. The van der Waals surface area contributed by atoms with E-state index < -0.39 is 5.66 Å². The third-order valence-electron chi connectivity index (χ3n) is 4.25. The number of hydrogen-bond donors (Lipinski definition) is 2. The van der Waals surface area contributed by atoms with Crippen LogP contribution in [-0.2, 0) is 0 Å². The van der Waals surface area contributed by atoms with Gasteiger partial charge in [0.05, 0.1) is 16.3 Å². The highest BCUT2D eigenvalue weighted by Crippen LogP contribution is 2.42. The van der Waals surface area contributed by atoms with Crippen molar-refractivity contribution in [3.63, 3.8) is 0 Å². The molecular formula is C15H16BrClN6. The van der Waals surface area contributed by atoms with E-state index in [0.29, 0.717) is 20.7 Å². The highest BCUT2D eigenvalue weighted by Gasteiger charge is 2.43. The molecular weight excluding hydrogens is 380 g/mol. The molecule has 0 atom stereocenters. The second-order valence-corrected chi connectivity index (χ2v) is 6.98. The molecule has 2 aliphatic rings. The van der Waals surface area contributed by atoms with Gasteiger partial charge in [0.25, 0.3) is 0 Å². The van der Waals surface area contributed by atoms with E-state index in [9.17, 15) is 5.26 Å². The summed E-state index contributed by atoms with van der Waals surface area (Å²) in [5.41, 5.74) is 12.6. The minimum Gasteiger partial charge on any atom is -0.369 e. The van der Waals surface area contributed by atoms with Crippen molar-refractivity contribution in [1.29, 1.82) is 5.26 Å². The number of benzene rings is 1. The number of anilines is 1. The molecule has 1 fully saturated rings. The number of aliphatic imine (C=N–C) groups is 2. The van der Waals surface area contributed by atoms with E-state index in [1.807, 2.05) is 4.90 Å².